The molecule has 0 saturated carbocycles. The molecule has 3 aromatic rings. The first-order valence-corrected chi connectivity index (χ1v) is 9.53. The number of aryl methyl sites for hydroxylation is 1. The van der Waals surface area contributed by atoms with Gasteiger partial charge in [0.15, 0.2) is 0 Å². The van der Waals surface area contributed by atoms with Gasteiger partial charge in [0.1, 0.15) is 0 Å². The summed E-state index contributed by atoms with van der Waals surface area (Å²) in [6.07, 6.45) is 2.83. The lowest BCUT2D eigenvalue weighted by Gasteiger charge is -2.27. The van der Waals surface area contributed by atoms with Gasteiger partial charge in [-0.05, 0) is 35.6 Å². The van der Waals surface area contributed by atoms with Gasteiger partial charge in [0.25, 0.3) is 0 Å². The van der Waals surface area contributed by atoms with Gasteiger partial charge in [-0.2, -0.15) is 0 Å². The standard InChI is InChI=1S/C21H24N2OS/c1-3-20(17-9-5-4-6-10-17)21(24)23(16-19-12-8-14-25-19)15-18-11-7-13-22(18)2/h4-14,20H,3,15-16H2,1-2H3. The Morgan fingerprint density at radius 1 is 1.08 bits per heavy atom. The number of hydrogen-bond acceptors (Lipinski definition) is 2. The van der Waals surface area contributed by atoms with Crippen LogP contribution >= 0.6 is 11.3 Å². The zero-order chi connectivity index (χ0) is 17.6. The fourth-order valence-electron chi connectivity index (χ4n) is 3.12. The van der Waals surface area contributed by atoms with Gasteiger partial charge in [0, 0.05) is 23.8 Å². The highest BCUT2D eigenvalue weighted by molar-refractivity contribution is 7.09. The Morgan fingerprint density at radius 3 is 2.48 bits per heavy atom. The Hall–Kier alpha value is -2.33. The molecule has 0 aliphatic heterocycles. The molecule has 130 valence electrons. The van der Waals surface area contributed by atoms with Crippen molar-refractivity contribution < 1.29 is 4.79 Å². The van der Waals surface area contributed by atoms with Gasteiger partial charge in [-0.3, -0.25) is 4.79 Å². The zero-order valence-electron chi connectivity index (χ0n) is 14.8. The molecular formula is C21H24N2OS. The van der Waals surface area contributed by atoms with Crippen LogP contribution in [-0.2, 0) is 24.9 Å². The van der Waals surface area contributed by atoms with Crippen molar-refractivity contribution in [2.75, 3.05) is 0 Å². The summed E-state index contributed by atoms with van der Waals surface area (Å²) in [6, 6.07) is 18.4. The molecule has 0 radical (unpaired) electrons. The molecule has 2 heterocycles. The van der Waals surface area contributed by atoms with Crippen molar-refractivity contribution in [1.29, 1.82) is 0 Å². The van der Waals surface area contributed by atoms with Gasteiger partial charge in [0.2, 0.25) is 5.91 Å². The Balaban J connectivity index is 1.86. The molecule has 1 atom stereocenters. The minimum Gasteiger partial charge on any atom is -0.353 e. The first-order chi connectivity index (χ1) is 12.2. The fraction of sp³-hybridized carbons (Fsp3) is 0.286. The van der Waals surface area contributed by atoms with E-state index in [0.717, 1.165) is 17.7 Å². The second kappa shape index (κ2) is 8.17. The van der Waals surface area contributed by atoms with E-state index in [1.807, 2.05) is 48.5 Å². The quantitative estimate of drug-likeness (QED) is 0.599. The van der Waals surface area contributed by atoms with Crippen LogP contribution in [0.2, 0.25) is 0 Å². The topological polar surface area (TPSA) is 25.2 Å². The molecule has 1 aromatic carbocycles. The highest BCUT2D eigenvalue weighted by atomic mass is 32.1. The molecule has 0 bridgehead atoms. The number of nitrogens with zero attached hydrogens (tertiary/aromatic N) is 2. The lowest BCUT2D eigenvalue weighted by Crippen LogP contribution is -2.34. The monoisotopic (exact) mass is 352 g/mol. The van der Waals surface area contributed by atoms with E-state index in [1.165, 1.54) is 4.88 Å². The van der Waals surface area contributed by atoms with Gasteiger partial charge in [0.05, 0.1) is 19.0 Å². The summed E-state index contributed by atoms with van der Waals surface area (Å²) in [5.41, 5.74) is 2.24. The van der Waals surface area contributed by atoms with E-state index < -0.39 is 0 Å². The van der Waals surface area contributed by atoms with Crippen LogP contribution in [0.1, 0.15) is 35.4 Å². The van der Waals surface area contributed by atoms with Crippen molar-refractivity contribution in [3.05, 3.63) is 82.3 Å². The van der Waals surface area contributed by atoms with E-state index in [4.69, 9.17) is 0 Å². The third kappa shape index (κ3) is 4.20. The summed E-state index contributed by atoms with van der Waals surface area (Å²) in [4.78, 5) is 16.6. The molecule has 0 aliphatic rings. The maximum absolute atomic E-state index is 13.4. The second-order valence-corrected chi connectivity index (χ2v) is 7.29. The highest BCUT2D eigenvalue weighted by Crippen LogP contribution is 2.25. The second-order valence-electron chi connectivity index (χ2n) is 6.26. The molecule has 3 nitrogen and oxygen atoms in total. The SMILES string of the molecule is CCC(C(=O)N(Cc1cccs1)Cc1cccn1C)c1ccccc1. The molecule has 25 heavy (non-hydrogen) atoms. The van der Waals surface area contributed by atoms with E-state index in [1.54, 1.807) is 11.3 Å². The van der Waals surface area contributed by atoms with E-state index in [9.17, 15) is 4.79 Å². The average molecular weight is 353 g/mol. The summed E-state index contributed by atoms with van der Waals surface area (Å²) in [5.74, 6) is 0.102. The number of benzene rings is 1. The smallest absolute Gasteiger partial charge is 0.230 e. The normalized spacial score (nSPS) is 12.1. The van der Waals surface area contributed by atoms with Crippen molar-refractivity contribution in [3.63, 3.8) is 0 Å². The molecule has 0 spiro atoms. The van der Waals surface area contributed by atoms with E-state index in [2.05, 4.69) is 41.1 Å². The van der Waals surface area contributed by atoms with Gasteiger partial charge < -0.3 is 9.47 Å². The van der Waals surface area contributed by atoms with Crippen LogP contribution in [0.3, 0.4) is 0 Å². The molecular weight excluding hydrogens is 328 g/mol. The minimum atomic E-state index is -0.0959. The predicted molar refractivity (Wildman–Crippen MR) is 103 cm³/mol. The van der Waals surface area contributed by atoms with Crippen LogP contribution in [0, 0.1) is 0 Å². The summed E-state index contributed by atoms with van der Waals surface area (Å²) in [6.45, 7) is 3.37. The van der Waals surface area contributed by atoms with Crippen molar-refractivity contribution in [2.24, 2.45) is 7.05 Å². The number of aromatic nitrogens is 1. The summed E-state index contributed by atoms with van der Waals surface area (Å²) in [7, 11) is 2.03. The van der Waals surface area contributed by atoms with Crippen molar-refractivity contribution in [1.82, 2.24) is 9.47 Å². The summed E-state index contributed by atoms with van der Waals surface area (Å²) >= 11 is 1.70. The largest absolute Gasteiger partial charge is 0.353 e. The zero-order valence-corrected chi connectivity index (χ0v) is 15.6. The Labute approximate surface area is 153 Å². The molecule has 3 rings (SSSR count). The molecule has 1 unspecified atom stereocenters. The first kappa shape index (κ1) is 17.5. The van der Waals surface area contributed by atoms with Crippen LogP contribution in [-0.4, -0.2) is 15.4 Å². The summed E-state index contributed by atoms with van der Waals surface area (Å²) in [5, 5.41) is 2.06. The van der Waals surface area contributed by atoms with E-state index in [0.29, 0.717) is 13.1 Å². The maximum Gasteiger partial charge on any atom is 0.230 e. The Morgan fingerprint density at radius 2 is 1.88 bits per heavy atom. The number of rotatable bonds is 7. The van der Waals surface area contributed by atoms with E-state index >= 15 is 0 Å². The van der Waals surface area contributed by atoms with Crippen LogP contribution in [0.15, 0.2) is 66.2 Å². The van der Waals surface area contributed by atoms with Crippen LogP contribution in [0.4, 0.5) is 0 Å². The molecule has 0 N–H and O–H groups in total. The van der Waals surface area contributed by atoms with Gasteiger partial charge in [-0.15, -0.1) is 11.3 Å². The number of carbonyl (C=O) groups is 1. The molecule has 0 saturated heterocycles. The number of carbonyl (C=O) groups excluding carboxylic acids is 1. The fourth-order valence-corrected chi connectivity index (χ4v) is 3.84. The maximum atomic E-state index is 13.4. The lowest BCUT2D eigenvalue weighted by molar-refractivity contribution is -0.134. The molecule has 1 amide bonds. The summed E-state index contributed by atoms with van der Waals surface area (Å²) < 4.78 is 2.08. The van der Waals surface area contributed by atoms with Gasteiger partial charge in [-0.25, -0.2) is 0 Å². The van der Waals surface area contributed by atoms with Crippen molar-refractivity contribution in [2.45, 2.75) is 32.4 Å². The van der Waals surface area contributed by atoms with E-state index in [-0.39, 0.29) is 11.8 Å². The minimum absolute atomic E-state index is 0.0959. The first-order valence-electron chi connectivity index (χ1n) is 8.65. The van der Waals surface area contributed by atoms with Crippen molar-refractivity contribution in [3.8, 4) is 0 Å². The van der Waals surface area contributed by atoms with Gasteiger partial charge >= 0.3 is 0 Å². The third-order valence-corrected chi connectivity index (χ3v) is 5.41. The van der Waals surface area contributed by atoms with Gasteiger partial charge in [-0.1, -0.05) is 43.3 Å². The third-order valence-electron chi connectivity index (χ3n) is 4.55. The average Bonchev–Trinajstić information content (AvgIpc) is 3.28. The Kier molecular flexibility index (Phi) is 5.71. The van der Waals surface area contributed by atoms with Crippen LogP contribution < -0.4 is 0 Å². The lowest BCUT2D eigenvalue weighted by atomic mass is 9.95. The van der Waals surface area contributed by atoms with Crippen LogP contribution in [0.25, 0.3) is 0 Å². The number of amides is 1. The number of hydrogen-bond donors (Lipinski definition) is 0. The molecule has 2 aromatic heterocycles. The molecule has 4 heteroatoms. The predicted octanol–water partition coefficient (Wildman–Crippen LogP) is 4.81. The Bertz CT molecular complexity index is 792. The number of thiophene rings is 1. The molecule has 0 fully saturated rings. The highest BCUT2D eigenvalue weighted by Gasteiger charge is 2.25. The van der Waals surface area contributed by atoms with Crippen molar-refractivity contribution >= 4 is 17.2 Å². The van der Waals surface area contributed by atoms with Crippen LogP contribution in [0.5, 0.6) is 0 Å². The molecule has 0 aliphatic carbocycles.